The van der Waals surface area contributed by atoms with Crippen LogP contribution in [0.2, 0.25) is 0 Å². The standard InChI is InChI=1S/C21H22N8O3/c1-28-11-14(7-24-28)25-20-18(19(22)31)26-16(8-23-20)13-9-29(10-13)21-27-15-3-2-12(4-5-30)6-17(15)32-21/h2-3,6-8,11,13,30H,4-5,9-10H2,1H3,(H2,22,31)(H,23,25). The van der Waals surface area contributed by atoms with Gasteiger partial charge in [0.25, 0.3) is 11.9 Å². The summed E-state index contributed by atoms with van der Waals surface area (Å²) in [5.41, 5.74) is 9.46. The molecule has 1 saturated heterocycles. The van der Waals surface area contributed by atoms with E-state index in [1.165, 1.54) is 0 Å². The Kier molecular flexibility index (Phi) is 4.94. The zero-order chi connectivity index (χ0) is 22.2. The van der Waals surface area contributed by atoms with Crippen LogP contribution in [0.25, 0.3) is 11.1 Å². The maximum absolute atomic E-state index is 12.0. The molecule has 0 bridgehead atoms. The zero-order valence-electron chi connectivity index (χ0n) is 17.4. The number of hydrogen-bond donors (Lipinski definition) is 3. The summed E-state index contributed by atoms with van der Waals surface area (Å²) in [7, 11) is 1.79. The van der Waals surface area contributed by atoms with Crippen molar-refractivity contribution < 1.29 is 14.3 Å². The van der Waals surface area contributed by atoms with E-state index in [2.05, 4.69) is 25.4 Å². The first-order valence-electron chi connectivity index (χ1n) is 10.2. The van der Waals surface area contributed by atoms with Crippen LogP contribution in [0.5, 0.6) is 0 Å². The molecule has 1 fully saturated rings. The van der Waals surface area contributed by atoms with Crippen LogP contribution in [-0.4, -0.2) is 55.4 Å². The molecule has 11 nitrogen and oxygen atoms in total. The lowest BCUT2D eigenvalue weighted by Gasteiger charge is -2.37. The molecule has 1 aliphatic heterocycles. The Labute approximate surface area is 182 Å². The number of hydrogen-bond acceptors (Lipinski definition) is 9. The monoisotopic (exact) mass is 434 g/mol. The number of carbonyl (C=O) groups excluding carboxylic acids is 1. The number of aromatic nitrogens is 5. The van der Waals surface area contributed by atoms with Crippen molar-refractivity contribution in [1.29, 1.82) is 0 Å². The van der Waals surface area contributed by atoms with E-state index >= 15 is 0 Å². The highest BCUT2D eigenvalue weighted by Gasteiger charge is 2.33. The third-order valence-electron chi connectivity index (χ3n) is 5.40. The number of carbonyl (C=O) groups is 1. The number of anilines is 3. The molecule has 1 aliphatic rings. The van der Waals surface area contributed by atoms with E-state index in [1.54, 1.807) is 30.3 Å². The fourth-order valence-corrected chi connectivity index (χ4v) is 3.68. The Balaban J connectivity index is 1.31. The molecule has 11 heteroatoms. The van der Waals surface area contributed by atoms with Gasteiger partial charge in [0, 0.05) is 38.9 Å². The minimum absolute atomic E-state index is 0.0769. The van der Waals surface area contributed by atoms with Gasteiger partial charge in [-0.25, -0.2) is 9.97 Å². The molecule has 0 spiro atoms. The van der Waals surface area contributed by atoms with E-state index in [1.807, 2.05) is 23.1 Å². The SMILES string of the molecule is Cn1cc(Nc2ncc(C3CN(c4nc5ccc(CCO)cc5o4)C3)nc2C(N)=O)cn1. The summed E-state index contributed by atoms with van der Waals surface area (Å²) in [6.07, 6.45) is 5.61. The van der Waals surface area contributed by atoms with E-state index in [0.29, 0.717) is 48.3 Å². The van der Waals surface area contributed by atoms with Gasteiger partial charge >= 0.3 is 0 Å². The van der Waals surface area contributed by atoms with Crippen LogP contribution in [0.15, 0.2) is 41.2 Å². The molecule has 4 N–H and O–H groups in total. The third kappa shape index (κ3) is 3.73. The first kappa shape index (κ1) is 19.9. The number of aryl methyl sites for hydroxylation is 1. The Morgan fingerprint density at radius 1 is 1.31 bits per heavy atom. The van der Waals surface area contributed by atoms with Crippen LogP contribution >= 0.6 is 0 Å². The van der Waals surface area contributed by atoms with Crippen molar-refractivity contribution in [2.45, 2.75) is 12.3 Å². The van der Waals surface area contributed by atoms with Crippen LogP contribution in [0.1, 0.15) is 27.7 Å². The summed E-state index contributed by atoms with van der Waals surface area (Å²) < 4.78 is 7.53. The van der Waals surface area contributed by atoms with E-state index in [-0.39, 0.29) is 18.2 Å². The fraction of sp³-hybridized carbons (Fsp3) is 0.286. The van der Waals surface area contributed by atoms with Crippen LogP contribution in [-0.2, 0) is 13.5 Å². The lowest BCUT2D eigenvalue weighted by Crippen LogP contribution is -2.45. The van der Waals surface area contributed by atoms with Crippen LogP contribution in [0, 0.1) is 0 Å². The molecule has 1 aromatic carbocycles. The van der Waals surface area contributed by atoms with Gasteiger partial charge in [0.1, 0.15) is 5.52 Å². The van der Waals surface area contributed by atoms with Crippen molar-refractivity contribution >= 4 is 34.5 Å². The summed E-state index contributed by atoms with van der Waals surface area (Å²) >= 11 is 0. The maximum atomic E-state index is 12.0. The zero-order valence-corrected chi connectivity index (χ0v) is 17.4. The molecule has 0 unspecified atom stereocenters. The third-order valence-corrected chi connectivity index (χ3v) is 5.40. The number of nitrogens with zero attached hydrogens (tertiary/aromatic N) is 6. The number of rotatable bonds is 7. The average molecular weight is 434 g/mol. The van der Waals surface area contributed by atoms with Gasteiger partial charge in [-0.05, 0) is 24.1 Å². The molecule has 0 aliphatic carbocycles. The van der Waals surface area contributed by atoms with Gasteiger partial charge in [-0.3, -0.25) is 9.48 Å². The van der Waals surface area contributed by atoms with Crippen LogP contribution in [0.4, 0.5) is 17.5 Å². The van der Waals surface area contributed by atoms with Gasteiger partial charge in [0.15, 0.2) is 17.1 Å². The number of benzene rings is 1. The lowest BCUT2D eigenvalue weighted by molar-refractivity contribution is 0.0995. The minimum Gasteiger partial charge on any atom is -0.423 e. The maximum Gasteiger partial charge on any atom is 0.298 e. The predicted octanol–water partition coefficient (Wildman–Crippen LogP) is 1.33. The second-order valence-electron chi connectivity index (χ2n) is 7.76. The van der Waals surface area contributed by atoms with E-state index in [4.69, 9.17) is 15.3 Å². The molecule has 5 rings (SSSR count). The Bertz CT molecular complexity index is 1290. The quantitative estimate of drug-likeness (QED) is 0.392. The Morgan fingerprint density at radius 3 is 2.88 bits per heavy atom. The number of aliphatic hydroxyl groups excluding tert-OH is 1. The second kappa shape index (κ2) is 7.93. The molecular formula is C21H22N8O3. The highest BCUT2D eigenvalue weighted by atomic mass is 16.4. The van der Waals surface area contributed by atoms with Gasteiger partial charge in [-0.2, -0.15) is 10.1 Å². The van der Waals surface area contributed by atoms with Crippen molar-refractivity contribution in [3.05, 3.63) is 53.7 Å². The number of primary amides is 1. The molecular weight excluding hydrogens is 412 g/mol. The molecule has 3 aromatic heterocycles. The normalized spacial score (nSPS) is 14.0. The molecule has 4 heterocycles. The fourth-order valence-electron chi connectivity index (χ4n) is 3.68. The van der Waals surface area contributed by atoms with Crippen molar-refractivity contribution in [1.82, 2.24) is 24.7 Å². The first-order chi connectivity index (χ1) is 15.5. The summed E-state index contributed by atoms with van der Waals surface area (Å²) in [5, 5.41) is 16.2. The smallest absolute Gasteiger partial charge is 0.298 e. The van der Waals surface area contributed by atoms with Crippen molar-refractivity contribution in [2.75, 3.05) is 29.9 Å². The first-order valence-corrected chi connectivity index (χ1v) is 10.2. The molecule has 164 valence electrons. The molecule has 1 amide bonds. The molecule has 0 saturated carbocycles. The van der Waals surface area contributed by atoms with Gasteiger partial charge in [0.05, 0.1) is 23.8 Å². The van der Waals surface area contributed by atoms with Crippen LogP contribution in [0.3, 0.4) is 0 Å². The highest BCUT2D eigenvalue weighted by molar-refractivity contribution is 5.96. The van der Waals surface area contributed by atoms with E-state index in [0.717, 1.165) is 11.1 Å². The molecule has 4 aromatic rings. The van der Waals surface area contributed by atoms with Crippen molar-refractivity contribution in [2.24, 2.45) is 12.8 Å². The minimum atomic E-state index is -0.653. The lowest BCUT2D eigenvalue weighted by atomic mass is 9.97. The number of nitrogens with two attached hydrogens (primary N) is 1. The van der Waals surface area contributed by atoms with Gasteiger partial charge in [-0.1, -0.05) is 6.07 Å². The molecule has 0 radical (unpaired) electrons. The van der Waals surface area contributed by atoms with Gasteiger partial charge < -0.3 is 25.5 Å². The second-order valence-corrected chi connectivity index (χ2v) is 7.76. The molecule has 0 atom stereocenters. The van der Waals surface area contributed by atoms with Crippen molar-refractivity contribution in [3.63, 3.8) is 0 Å². The summed E-state index contributed by atoms with van der Waals surface area (Å²) in [6.45, 7) is 1.36. The largest absolute Gasteiger partial charge is 0.423 e. The topological polar surface area (TPSA) is 148 Å². The number of fused-ring (bicyclic) bond motifs is 1. The summed E-state index contributed by atoms with van der Waals surface area (Å²) in [6, 6.07) is 6.27. The summed E-state index contributed by atoms with van der Waals surface area (Å²) in [4.78, 5) is 27.4. The number of oxazole rings is 1. The summed E-state index contributed by atoms with van der Waals surface area (Å²) in [5.74, 6) is -0.282. The average Bonchev–Trinajstić information content (AvgIpc) is 3.33. The highest BCUT2D eigenvalue weighted by Crippen LogP contribution is 2.33. The van der Waals surface area contributed by atoms with E-state index < -0.39 is 5.91 Å². The van der Waals surface area contributed by atoms with Crippen LogP contribution < -0.4 is 16.0 Å². The Hall–Kier alpha value is -3.99. The van der Waals surface area contributed by atoms with E-state index in [9.17, 15) is 4.79 Å². The van der Waals surface area contributed by atoms with Gasteiger partial charge in [-0.15, -0.1) is 0 Å². The Morgan fingerprint density at radius 2 is 2.16 bits per heavy atom. The van der Waals surface area contributed by atoms with Crippen molar-refractivity contribution in [3.8, 4) is 0 Å². The molecule has 32 heavy (non-hydrogen) atoms. The van der Waals surface area contributed by atoms with Gasteiger partial charge in [0.2, 0.25) is 0 Å². The predicted molar refractivity (Wildman–Crippen MR) is 117 cm³/mol. The number of aliphatic hydroxyl groups is 1. The number of nitrogens with one attached hydrogen (secondary N) is 1. The number of amides is 1.